The summed E-state index contributed by atoms with van der Waals surface area (Å²) in [5.74, 6) is 0.342. The van der Waals surface area contributed by atoms with Crippen LogP contribution in [0.2, 0.25) is 0 Å². The molecular weight excluding hydrogens is 398 g/mol. The Morgan fingerprint density at radius 3 is 2.74 bits per heavy atom. The molecule has 3 aromatic heterocycles. The van der Waals surface area contributed by atoms with Crippen molar-refractivity contribution in [1.82, 2.24) is 24.7 Å². The molecule has 0 amide bonds. The minimum atomic E-state index is -0.982. The summed E-state index contributed by atoms with van der Waals surface area (Å²) < 4.78 is 7.28. The highest BCUT2D eigenvalue weighted by molar-refractivity contribution is 5.90. The zero-order valence-corrected chi connectivity index (χ0v) is 17.2. The number of benzene rings is 1. The van der Waals surface area contributed by atoms with Gasteiger partial charge in [-0.15, -0.1) is 0 Å². The number of hydrogen-bond acceptors (Lipinski definition) is 8. The van der Waals surface area contributed by atoms with Crippen LogP contribution in [0.4, 0.5) is 17.5 Å². The molecule has 31 heavy (non-hydrogen) atoms. The molecule has 0 spiro atoms. The lowest BCUT2D eigenvalue weighted by Gasteiger charge is -2.14. The molecule has 0 saturated carbocycles. The van der Waals surface area contributed by atoms with Gasteiger partial charge in [0.25, 0.3) is 0 Å². The van der Waals surface area contributed by atoms with Crippen LogP contribution in [0.3, 0.4) is 0 Å². The van der Waals surface area contributed by atoms with Gasteiger partial charge in [0.15, 0.2) is 5.82 Å². The van der Waals surface area contributed by atoms with Gasteiger partial charge in [-0.2, -0.15) is 5.10 Å². The van der Waals surface area contributed by atoms with E-state index in [1.807, 2.05) is 31.4 Å². The molecule has 1 atom stereocenters. The maximum absolute atomic E-state index is 11.2. The number of methoxy groups -OCH3 is 1. The largest absolute Gasteiger partial charge is 0.495 e. The van der Waals surface area contributed by atoms with Gasteiger partial charge < -0.3 is 20.5 Å². The predicted molar refractivity (Wildman–Crippen MR) is 117 cm³/mol. The average Bonchev–Trinajstić information content (AvgIpc) is 3.20. The fourth-order valence-electron chi connectivity index (χ4n) is 3.05. The van der Waals surface area contributed by atoms with Crippen molar-refractivity contribution < 1.29 is 14.6 Å². The second-order valence-corrected chi connectivity index (χ2v) is 6.94. The van der Waals surface area contributed by atoms with Crippen molar-refractivity contribution in [2.24, 2.45) is 7.05 Å². The quantitative estimate of drug-likeness (QED) is 0.414. The van der Waals surface area contributed by atoms with Gasteiger partial charge in [-0.3, -0.25) is 9.48 Å². The van der Waals surface area contributed by atoms with Crippen molar-refractivity contribution in [1.29, 1.82) is 0 Å². The Morgan fingerprint density at radius 2 is 2.03 bits per heavy atom. The topological polar surface area (TPSA) is 127 Å². The van der Waals surface area contributed by atoms with Crippen molar-refractivity contribution in [3.8, 4) is 16.9 Å². The molecule has 1 aromatic carbocycles. The molecule has 0 radical (unpaired) electrons. The number of aromatic nitrogens is 5. The number of nitrogens with zero attached hydrogens (tertiary/aromatic N) is 5. The number of fused-ring (bicyclic) bond motifs is 1. The van der Waals surface area contributed by atoms with Crippen molar-refractivity contribution in [2.75, 3.05) is 17.7 Å². The first kappa shape index (κ1) is 20.1. The molecule has 3 heterocycles. The number of hydrogen-bond donors (Lipinski definition) is 3. The second kappa shape index (κ2) is 8.27. The van der Waals surface area contributed by atoms with E-state index in [2.05, 4.69) is 30.7 Å². The first-order valence-electron chi connectivity index (χ1n) is 9.50. The smallest absolute Gasteiger partial charge is 0.325 e. The molecule has 4 rings (SSSR count). The number of ether oxygens (including phenoxy) is 1. The van der Waals surface area contributed by atoms with Crippen LogP contribution in [-0.2, 0) is 11.8 Å². The summed E-state index contributed by atoms with van der Waals surface area (Å²) in [6.07, 6.45) is 6.94. The van der Waals surface area contributed by atoms with E-state index in [1.54, 1.807) is 36.4 Å². The third kappa shape index (κ3) is 4.22. The highest BCUT2D eigenvalue weighted by Gasteiger charge is 2.15. The third-order valence-electron chi connectivity index (χ3n) is 4.71. The van der Waals surface area contributed by atoms with Crippen LogP contribution in [0.25, 0.3) is 22.0 Å². The fraction of sp³-hybridized carbons (Fsp3) is 0.190. The Bertz CT molecular complexity index is 1250. The van der Waals surface area contributed by atoms with Gasteiger partial charge >= 0.3 is 5.97 Å². The number of carboxylic acids is 1. The van der Waals surface area contributed by atoms with Gasteiger partial charge in [-0.25, -0.2) is 15.0 Å². The number of nitrogens with one attached hydrogen (secondary N) is 2. The number of rotatable bonds is 7. The van der Waals surface area contributed by atoms with Crippen LogP contribution in [0, 0.1) is 0 Å². The Kier molecular flexibility index (Phi) is 5.35. The summed E-state index contributed by atoms with van der Waals surface area (Å²) in [4.78, 5) is 24.3. The Morgan fingerprint density at radius 1 is 1.19 bits per heavy atom. The molecule has 4 aromatic rings. The van der Waals surface area contributed by atoms with Crippen LogP contribution in [-0.4, -0.2) is 49.0 Å². The van der Waals surface area contributed by atoms with E-state index >= 15 is 0 Å². The van der Waals surface area contributed by atoms with Gasteiger partial charge in [-0.1, -0.05) is 6.07 Å². The number of carbonyl (C=O) groups is 1. The van der Waals surface area contributed by atoms with E-state index in [0.717, 1.165) is 16.5 Å². The normalized spacial score (nSPS) is 11.8. The number of anilines is 3. The third-order valence-corrected chi connectivity index (χ3v) is 4.71. The van der Waals surface area contributed by atoms with E-state index in [0.29, 0.717) is 28.7 Å². The number of pyridine rings is 1. The Hall–Kier alpha value is -4.21. The molecule has 3 N–H and O–H groups in total. The molecule has 0 fully saturated rings. The van der Waals surface area contributed by atoms with E-state index in [-0.39, 0.29) is 0 Å². The first-order chi connectivity index (χ1) is 14.9. The van der Waals surface area contributed by atoms with Crippen molar-refractivity contribution >= 4 is 34.3 Å². The standard InChI is InChI=1S/C21H21N7O3/c1-12(20(29)30)25-19-18-14(6-7-22-19)9-23-21(27-18)26-16-5-4-13(8-17(16)31-3)15-10-24-28(2)11-15/h4-12H,1-3H3,(H,22,25)(H,29,30)(H,23,26,27). The van der Waals surface area contributed by atoms with Gasteiger partial charge in [-0.05, 0) is 30.7 Å². The molecule has 0 aliphatic rings. The summed E-state index contributed by atoms with van der Waals surface area (Å²) >= 11 is 0. The van der Waals surface area contributed by atoms with E-state index < -0.39 is 12.0 Å². The van der Waals surface area contributed by atoms with Crippen LogP contribution in [0.15, 0.2) is 49.1 Å². The van der Waals surface area contributed by atoms with Gasteiger partial charge in [0, 0.05) is 36.6 Å². The minimum absolute atomic E-state index is 0.332. The molecule has 0 aliphatic heterocycles. The molecule has 1 unspecified atom stereocenters. The van der Waals surface area contributed by atoms with Gasteiger partial charge in [0.1, 0.15) is 17.3 Å². The molecule has 0 saturated heterocycles. The number of aliphatic carboxylic acids is 1. The molecule has 10 heteroatoms. The molecule has 10 nitrogen and oxygen atoms in total. The Labute approximate surface area is 177 Å². The lowest BCUT2D eigenvalue weighted by molar-refractivity contribution is -0.137. The fourth-order valence-corrected chi connectivity index (χ4v) is 3.05. The van der Waals surface area contributed by atoms with Gasteiger partial charge in [0.2, 0.25) is 5.95 Å². The number of aryl methyl sites for hydroxylation is 1. The van der Waals surface area contributed by atoms with Crippen LogP contribution < -0.4 is 15.4 Å². The molecule has 158 valence electrons. The maximum atomic E-state index is 11.2. The lowest BCUT2D eigenvalue weighted by atomic mass is 10.1. The maximum Gasteiger partial charge on any atom is 0.325 e. The van der Waals surface area contributed by atoms with Crippen molar-refractivity contribution in [3.63, 3.8) is 0 Å². The zero-order chi connectivity index (χ0) is 22.0. The van der Waals surface area contributed by atoms with E-state index in [9.17, 15) is 9.90 Å². The van der Waals surface area contributed by atoms with E-state index in [1.165, 1.54) is 6.92 Å². The van der Waals surface area contributed by atoms with Gasteiger partial charge in [0.05, 0.1) is 19.0 Å². The summed E-state index contributed by atoms with van der Waals surface area (Å²) in [5, 5.41) is 20.1. The van der Waals surface area contributed by atoms with E-state index in [4.69, 9.17) is 4.74 Å². The van der Waals surface area contributed by atoms with Crippen molar-refractivity contribution in [2.45, 2.75) is 13.0 Å². The molecule has 0 aliphatic carbocycles. The molecule has 0 bridgehead atoms. The lowest BCUT2D eigenvalue weighted by Crippen LogP contribution is -2.26. The highest BCUT2D eigenvalue weighted by atomic mass is 16.5. The first-order valence-corrected chi connectivity index (χ1v) is 9.50. The average molecular weight is 419 g/mol. The monoisotopic (exact) mass is 419 g/mol. The summed E-state index contributed by atoms with van der Waals surface area (Å²) in [6.45, 7) is 1.54. The van der Waals surface area contributed by atoms with Crippen LogP contribution in [0.5, 0.6) is 5.75 Å². The summed E-state index contributed by atoms with van der Waals surface area (Å²) in [5.41, 5.74) is 3.14. The second-order valence-electron chi connectivity index (χ2n) is 6.94. The molecular formula is C21H21N7O3. The predicted octanol–water partition coefficient (Wildman–Crippen LogP) is 3.06. The number of carboxylic acid groups (broad SMARTS) is 1. The van der Waals surface area contributed by atoms with Crippen LogP contribution >= 0.6 is 0 Å². The zero-order valence-electron chi connectivity index (χ0n) is 17.2. The minimum Gasteiger partial charge on any atom is -0.495 e. The Balaban J connectivity index is 1.66. The summed E-state index contributed by atoms with van der Waals surface area (Å²) in [6, 6.07) is 6.68. The summed E-state index contributed by atoms with van der Waals surface area (Å²) in [7, 11) is 3.46. The highest BCUT2D eigenvalue weighted by Crippen LogP contribution is 2.32. The SMILES string of the molecule is COc1cc(-c2cnn(C)c2)ccc1Nc1ncc2ccnc(NC(C)C(=O)O)c2n1. The van der Waals surface area contributed by atoms with Crippen molar-refractivity contribution in [3.05, 3.63) is 49.1 Å². The van der Waals surface area contributed by atoms with Crippen LogP contribution in [0.1, 0.15) is 6.92 Å².